The lowest BCUT2D eigenvalue weighted by Gasteiger charge is -2.38. The van der Waals surface area contributed by atoms with Crippen LogP contribution in [0.4, 0.5) is 0 Å². The van der Waals surface area contributed by atoms with Crippen molar-refractivity contribution in [3.05, 3.63) is 48.6 Å². The monoisotopic (exact) mass is 315 g/mol. The Hall–Kier alpha value is -2.43. The first-order valence-corrected chi connectivity index (χ1v) is 7.76. The van der Waals surface area contributed by atoms with Crippen LogP contribution in [0.1, 0.15) is 36.5 Å². The van der Waals surface area contributed by atoms with Crippen molar-refractivity contribution in [1.82, 2.24) is 4.90 Å². The minimum absolute atomic E-state index is 0.0560. The molecule has 0 aromatic heterocycles. The van der Waals surface area contributed by atoms with Crippen LogP contribution >= 0.6 is 0 Å². The first kappa shape index (κ1) is 16.9. The molecule has 122 valence electrons. The number of carbonyl (C=O) groups excluding carboxylic acids is 3. The SMILES string of the molecule is C=CCOC(=O)C1(CC)CCCN(C(=O)c2ccccc2)C1=O. The van der Waals surface area contributed by atoms with Gasteiger partial charge in [0.15, 0.2) is 0 Å². The summed E-state index contributed by atoms with van der Waals surface area (Å²) >= 11 is 0. The lowest BCUT2D eigenvalue weighted by Crippen LogP contribution is -2.55. The number of likely N-dealkylation sites (tertiary alicyclic amines) is 1. The van der Waals surface area contributed by atoms with Gasteiger partial charge in [0, 0.05) is 12.1 Å². The van der Waals surface area contributed by atoms with E-state index in [9.17, 15) is 14.4 Å². The van der Waals surface area contributed by atoms with E-state index in [0.717, 1.165) is 0 Å². The Bertz CT molecular complexity index is 611. The molecule has 0 N–H and O–H groups in total. The zero-order valence-electron chi connectivity index (χ0n) is 13.3. The molecule has 0 spiro atoms. The van der Waals surface area contributed by atoms with Gasteiger partial charge in [0.1, 0.15) is 12.0 Å². The molecule has 1 saturated heterocycles. The summed E-state index contributed by atoms with van der Waals surface area (Å²) in [6, 6.07) is 8.61. The van der Waals surface area contributed by atoms with Crippen LogP contribution in [-0.4, -0.2) is 35.8 Å². The van der Waals surface area contributed by atoms with E-state index in [2.05, 4.69) is 6.58 Å². The second-order valence-electron chi connectivity index (χ2n) is 5.55. The third kappa shape index (κ3) is 3.18. The van der Waals surface area contributed by atoms with E-state index in [1.165, 1.54) is 11.0 Å². The lowest BCUT2D eigenvalue weighted by atomic mass is 9.76. The summed E-state index contributed by atoms with van der Waals surface area (Å²) in [5.41, 5.74) is -0.835. The highest BCUT2D eigenvalue weighted by molar-refractivity contribution is 6.12. The molecular weight excluding hydrogens is 294 g/mol. The van der Waals surface area contributed by atoms with Crippen molar-refractivity contribution in [2.45, 2.75) is 26.2 Å². The zero-order chi connectivity index (χ0) is 16.9. The molecule has 1 fully saturated rings. The number of ether oxygens (including phenoxy) is 1. The molecule has 23 heavy (non-hydrogen) atoms. The Morgan fingerprint density at radius 2 is 2.04 bits per heavy atom. The summed E-state index contributed by atoms with van der Waals surface area (Å²) < 4.78 is 5.11. The predicted molar refractivity (Wildman–Crippen MR) is 85.6 cm³/mol. The molecule has 5 nitrogen and oxygen atoms in total. The molecular formula is C18H21NO4. The zero-order valence-corrected chi connectivity index (χ0v) is 13.3. The van der Waals surface area contributed by atoms with Crippen molar-refractivity contribution in [1.29, 1.82) is 0 Å². The molecule has 0 saturated carbocycles. The van der Waals surface area contributed by atoms with E-state index < -0.39 is 17.3 Å². The van der Waals surface area contributed by atoms with Crippen LogP contribution in [0.2, 0.25) is 0 Å². The molecule has 0 bridgehead atoms. The van der Waals surface area contributed by atoms with Crippen LogP contribution in [0.15, 0.2) is 43.0 Å². The van der Waals surface area contributed by atoms with Crippen molar-refractivity contribution in [3.8, 4) is 0 Å². The van der Waals surface area contributed by atoms with Crippen molar-refractivity contribution >= 4 is 17.8 Å². The maximum absolute atomic E-state index is 12.9. The van der Waals surface area contributed by atoms with E-state index in [-0.39, 0.29) is 12.5 Å². The predicted octanol–water partition coefficient (Wildman–Crippen LogP) is 2.57. The fraction of sp³-hybridized carbons (Fsp3) is 0.389. The Kier molecular flexibility index (Phi) is 5.32. The number of hydrogen-bond acceptors (Lipinski definition) is 4. The number of imide groups is 1. The second kappa shape index (κ2) is 7.22. The van der Waals surface area contributed by atoms with Gasteiger partial charge in [0.2, 0.25) is 5.91 Å². The molecule has 0 radical (unpaired) electrons. The third-order valence-corrected chi connectivity index (χ3v) is 4.23. The highest BCUT2D eigenvalue weighted by atomic mass is 16.5. The molecule has 5 heteroatoms. The van der Waals surface area contributed by atoms with Crippen LogP contribution < -0.4 is 0 Å². The van der Waals surface area contributed by atoms with E-state index >= 15 is 0 Å². The second-order valence-corrected chi connectivity index (χ2v) is 5.55. The van der Waals surface area contributed by atoms with Crippen LogP contribution in [0.25, 0.3) is 0 Å². The maximum Gasteiger partial charge on any atom is 0.321 e. The Labute approximate surface area is 135 Å². The summed E-state index contributed by atoms with van der Waals surface area (Å²) in [4.78, 5) is 39.0. The number of amides is 2. The fourth-order valence-corrected chi connectivity index (χ4v) is 2.87. The summed E-state index contributed by atoms with van der Waals surface area (Å²) in [5, 5.41) is 0. The van der Waals surface area contributed by atoms with Gasteiger partial charge in [-0.3, -0.25) is 19.3 Å². The van der Waals surface area contributed by atoms with Crippen molar-refractivity contribution < 1.29 is 19.1 Å². The van der Waals surface area contributed by atoms with Crippen molar-refractivity contribution in [3.63, 3.8) is 0 Å². The number of benzene rings is 1. The average Bonchev–Trinajstić information content (AvgIpc) is 2.60. The molecule has 1 heterocycles. The van der Waals surface area contributed by atoms with Crippen LogP contribution in [0.5, 0.6) is 0 Å². The highest BCUT2D eigenvalue weighted by Gasteiger charge is 2.51. The number of rotatable bonds is 5. The van der Waals surface area contributed by atoms with E-state index in [1.807, 2.05) is 0 Å². The van der Waals surface area contributed by atoms with Gasteiger partial charge in [0.25, 0.3) is 5.91 Å². The Morgan fingerprint density at radius 1 is 1.35 bits per heavy atom. The molecule has 2 amide bonds. The quantitative estimate of drug-likeness (QED) is 0.362. The van der Waals surface area contributed by atoms with Gasteiger partial charge in [-0.15, -0.1) is 0 Å². The first-order chi connectivity index (χ1) is 11.1. The Balaban J connectivity index is 2.27. The van der Waals surface area contributed by atoms with Gasteiger partial charge in [-0.1, -0.05) is 37.8 Å². The molecule has 1 unspecified atom stereocenters. The van der Waals surface area contributed by atoms with Gasteiger partial charge in [0.05, 0.1) is 0 Å². The molecule has 2 rings (SSSR count). The Morgan fingerprint density at radius 3 is 2.65 bits per heavy atom. The van der Waals surface area contributed by atoms with Crippen molar-refractivity contribution in [2.24, 2.45) is 5.41 Å². The number of piperidine rings is 1. The van der Waals surface area contributed by atoms with Gasteiger partial charge >= 0.3 is 5.97 Å². The van der Waals surface area contributed by atoms with Gasteiger partial charge in [-0.2, -0.15) is 0 Å². The minimum atomic E-state index is -1.27. The molecule has 1 aliphatic rings. The molecule has 1 aromatic carbocycles. The van der Waals surface area contributed by atoms with Crippen LogP contribution in [-0.2, 0) is 14.3 Å². The first-order valence-electron chi connectivity index (χ1n) is 7.76. The van der Waals surface area contributed by atoms with Crippen LogP contribution in [0.3, 0.4) is 0 Å². The summed E-state index contributed by atoms with van der Waals surface area (Å²) in [7, 11) is 0. The number of carbonyl (C=O) groups is 3. The standard InChI is InChI=1S/C18H21NO4/c1-3-13-23-17(22)18(4-2)11-8-12-19(16(18)21)15(20)14-9-6-5-7-10-14/h3,5-7,9-10H,1,4,8,11-13H2,2H3. The molecule has 1 aliphatic heterocycles. The average molecular weight is 315 g/mol. The van der Waals surface area contributed by atoms with Crippen molar-refractivity contribution in [2.75, 3.05) is 13.2 Å². The number of hydrogen-bond donors (Lipinski definition) is 0. The summed E-state index contributed by atoms with van der Waals surface area (Å²) in [5.74, 6) is -1.41. The molecule has 0 aliphatic carbocycles. The van der Waals surface area contributed by atoms with Gasteiger partial charge < -0.3 is 4.74 Å². The van der Waals surface area contributed by atoms with E-state index in [0.29, 0.717) is 31.4 Å². The smallest absolute Gasteiger partial charge is 0.321 e. The fourth-order valence-electron chi connectivity index (χ4n) is 2.87. The molecule has 1 atom stereocenters. The summed E-state index contributed by atoms with van der Waals surface area (Å²) in [6.07, 6.45) is 2.75. The highest BCUT2D eigenvalue weighted by Crippen LogP contribution is 2.36. The van der Waals surface area contributed by atoms with Crippen LogP contribution in [0, 0.1) is 5.41 Å². The minimum Gasteiger partial charge on any atom is -0.461 e. The van der Waals surface area contributed by atoms with E-state index in [1.54, 1.807) is 37.3 Å². The van der Waals surface area contributed by atoms with E-state index in [4.69, 9.17) is 4.74 Å². The third-order valence-electron chi connectivity index (χ3n) is 4.23. The number of esters is 1. The van der Waals surface area contributed by atoms with Gasteiger partial charge in [-0.25, -0.2) is 0 Å². The normalized spacial score (nSPS) is 20.9. The topological polar surface area (TPSA) is 63.7 Å². The maximum atomic E-state index is 12.9. The van der Waals surface area contributed by atoms with Gasteiger partial charge in [-0.05, 0) is 31.4 Å². The lowest BCUT2D eigenvalue weighted by molar-refractivity contribution is -0.166. The largest absolute Gasteiger partial charge is 0.461 e. The molecule has 1 aromatic rings. The number of nitrogens with zero attached hydrogens (tertiary/aromatic N) is 1. The summed E-state index contributed by atoms with van der Waals surface area (Å²) in [6.45, 7) is 5.65.